The van der Waals surface area contributed by atoms with Gasteiger partial charge in [-0.1, -0.05) is 68.2 Å². The zero-order chi connectivity index (χ0) is 27.7. The Bertz CT molecular complexity index is 804. The molecule has 0 saturated carbocycles. The third-order valence-corrected chi connectivity index (χ3v) is 5.20. The van der Waals surface area contributed by atoms with Crippen LogP contribution in [0.4, 0.5) is 0 Å². The summed E-state index contributed by atoms with van der Waals surface area (Å²) in [6.45, 7) is -1.59. The lowest BCUT2D eigenvalue weighted by atomic mass is 10.1. The number of thioether (sulfide) groups is 1. The molecule has 0 aromatic rings. The lowest BCUT2D eigenvalue weighted by Gasteiger charge is -2.20. The van der Waals surface area contributed by atoms with Gasteiger partial charge in [-0.2, -0.15) is 0 Å². The van der Waals surface area contributed by atoms with E-state index in [1.807, 2.05) is 0 Å². The van der Waals surface area contributed by atoms with E-state index in [0.717, 1.165) is 0 Å². The summed E-state index contributed by atoms with van der Waals surface area (Å²) in [7, 11) is 0. The van der Waals surface area contributed by atoms with Crippen molar-refractivity contribution in [3.63, 3.8) is 0 Å². The molecule has 0 aliphatic heterocycles. The molecule has 0 rings (SSSR count). The highest BCUT2D eigenvalue weighted by atomic mass is 32.2. The van der Waals surface area contributed by atoms with E-state index in [0.29, 0.717) is 0 Å². The fourth-order valence-corrected chi connectivity index (χ4v) is 3.29. The molecule has 30 heavy (non-hydrogen) atoms. The molecule has 170 valence electrons. The minimum absolute atomic E-state index is 0.0129. The minimum atomic E-state index is -1.94. The van der Waals surface area contributed by atoms with Crippen molar-refractivity contribution < 1.29 is 33.1 Å². The van der Waals surface area contributed by atoms with Crippen LogP contribution in [-0.2, 0) is 9.59 Å². The first-order valence-electron chi connectivity index (χ1n) is 12.9. The smallest absolute Gasteiger partial charge is 0.321 e. The zero-order valence-corrected chi connectivity index (χ0v) is 17.9. The maximum Gasteiger partial charge on any atom is 0.321 e. The minimum Gasteiger partial charge on any atom is -0.481 e. The maximum absolute atomic E-state index is 10.9. The second kappa shape index (κ2) is 19.2. The van der Waals surface area contributed by atoms with E-state index in [1.54, 1.807) is 36.5 Å². The first-order valence-corrected chi connectivity index (χ1v) is 10.8. The van der Waals surface area contributed by atoms with Crippen LogP contribution in [0.1, 0.15) is 66.4 Å². The van der Waals surface area contributed by atoms with Gasteiger partial charge in [-0.25, -0.2) is 0 Å². The molecule has 0 unspecified atom stereocenters. The van der Waals surface area contributed by atoms with Gasteiger partial charge in [0.25, 0.3) is 0 Å². The highest BCUT2D eigenvalue weighted by molar-refractivity contribution is 8.00. The SMILES string of the molecule is [3H]/C(C\C=C/C=C/C=C/[C@@H](SC[C@H](N)C(=O)O)[C@@H](O)CCCC(=O)O)=C(\[3H])CCCC([3H])([3H])C([3H])[3H]. The van der Waals surface area contributed by atoms with Gasteiger partial charge in [0.05, 0.1) is 8.85 Å². The van der Waals surface area contributed by atoms with Crippen LogP contribution in [0, 0.1) is 0 Å². The normalized spacial score (nSPS) is 19.6. The van der Waals surface area contributed by atoms with Crippen LogP contribution in [0.25, 0.3) is 0 Å². The molecule has 0 amide bonds. The summed E-state index contributed by atoms with van der Waals surface area (Å²) in [6, 6.07) is -0.902. The number of allylic oxidation sites excluding steroid dienone is 7. The number of aliphatic hydroxyl groups excluding tert-OH is 1. The molecule has 0 radical (unpaired) electrons. The van der Waals surface area contributed by atoms with Crippen LogP contribution in [0.5, 0.6) is 0 Å². The molecule has 0 saturated heterocycles. The number of carboxylic acid groups (broad SMARTS) is 2. The Hall–Kier alpha value is -1.83. The molecule has 0 heterocycles. The molecule has 6 nitrogen and oxygen atoms in total. The third kappa shape index (κ3) is 17.1. The fraction of sp³-hybridized carbons (Fsp3) is 0.565. The van der Waals surface area contributed by atoms with E-state index < -0.39 is 42.6 Å². The summed E-state index contributed by atoms with van der Waals surface area (Å²) in [6.07, 6.45) is 8.43. The van der Waals surface area contributed by atoms with E-state index >= 15 is 0 Å². The summed E-state index contributed by atoms with van der Waals surface area (Å²) in [4.78, 5) is 21.6. The Balaban J connectivity index is 4.79. The van der Waals surface area contributed by atoms with Gasteiger partial charge < -0.3 is 21.1 Å². The molecule has 0 aromatic carbocycles. The summed E-state index contributed by atoms with van der Waals surface area (Å²) in [5.74, 6) is -2.03. The number of aliphatic carboxylic acids is 2. The van der Waals surface area contributed by atoms with Crippen LogP contribution >= 0.6 is 11.8 Å². The van der Waals surface area contributed by atoms with Gasteiger partial charge in [0, 0.05) is 22.9 Å². The van der Waals surface area contributed by atoms with Gasteiger partial charge in [0.2, 0.25) is 0 Å². The summed E-state index contributed by atoms with van der Waals surface area (Å²) >= 11 is 1.17. The molecule has 0 aliphatic rings. The predicted molar refractivity (Wildman–Crippen MR) is 125 cm³/mol. The van der Waals surface area contributed by atoms with Crippen LogP contribution in [-0.4, -0.2) is 50.4 Å². The highest BCUT2D eigenvalue weighted by Crippen LogP contribution is 2.21. The number of hydrogen-bond donors (Lipinski definition) is 4. The third-order valence-electron chi connectivity index (χ3n) is 3.79. The first-order chi connectivity index (χ1) is 16.8. The first kappa shape index (κ1) is 18.9. The van der Waals surface area contributed by atoms with E-state index in [2.05, 4.69) is 0 Å². The molecule has 0 aliphatic carbocycles. The Labute approximate surface area is 193 Å². The van der Waals surface area contributed by atoms with E-state index in [4.69, 9.17) is 24.2 Å². The summed E-state index contributed by atoms with van der Waals surface area (Å²) < 4.78 is 45.3. The van der Waals surface area contributed by atoms with Gasteiger partial charge >= 0.3 is 11.9 Å². The van der Waals surface area contributed by atoms with Crippen molar-refractivity contribution in [2.24, 2.45) is 5.73 Å². The number of carboxylic acids is 2. The molecule has 0 bridgehead atoms. The van der Waals surface area contributed by atoms with Crippen molar-refractivity contribution in [3.8, 4) is 0 Å². The van der Waals surface area contributed by atoms with Crippen LogP contribution in [0.15, 0.2) is 48.6 Å². The number of nitrogens with two attached hydrogens (primary N) is 1. The van der Waals surface area contributed by atoms with E-state index in [-0.39, 0.29) is 62.8 Å². The van der Waals surface area contributed by atoms with E-state index in [9.17, 15) is 14.7 Å². The van der Waals surface area contributed by atoms with Crippen LogP contribution in [0.2, 0.25) is 0 Å². The van der Waals surface area contributed by atoms with Gasteiger partial charge in [-0.15, -0.1) is 11.8 Å². The quantitative estimate of drug-likeness (QED) is 0.181. The standard InChI is InChI=1S/C23H37NO5S/c1-2-3-4-5-6-7-8-9-10-11-12-13-16-21(30-18-19(24)23(28)29)20(25)15-14-17-22(26)27/h6-7,9-13,16,19-21,25H,2-5,8,14-15,17-18,24H2,1H3,(H,26,27)(H,28,29)/b7-6-,10-9-,12-11+,16-13+/t19-,20-,21+/m0/s1/i1T2,2T2,6T,7T. The van der Waals surface area contributed by atoms with Crippen molar-refractivity contribution >= 4 is 23.7 Å². The molecule has 7 heteroatoms. The van der Waals surface area contributed by atoms with Crippen LogP contribution < -0.4 is 5.73 Å². The molecule has 0 spiro atoms. The van der Waals surface area contributed by atoms with Crippen molar-refractivity contribution in [2.45, 2.75) is 75.6 Å². The lowest BCUT2D eigenvalue weighted by molar-refractivity contribution is -0.138. The second-order valence-corrected chi connectivity index (χ2v) is 7.62. The maximum atomic E-state index is 10.9. The molecule has 3 atom stereocenters. The Morgan fingerprint density at radius 2 is 1.93 bits per heavy atom. The summed E-state index contributed by atoms with van der Waals surface area (Å²) in [5, 5.41) is 27.6. The topological polar surface area (TPSA) is 121 Å². The molecule has 0 aromatic heterocycles. The number of hydrogen-bond acceptors (Lipinski definition) is 5. The average Bonchev–Trinajstić information content (AvgIpc) is 2.78. The van der Waals surface area contributed by atoms with Crippen molar-refractivity contribution in [2.75, 3.05) is 5.75 Å². The average molecular weight is 452 g/mol. The van der Waals surface area contributed by atoms with Gasteiger partial charge in [-0.05, 0) is 32.1 Å². The zero-order valence-electron chi connectivity index (χ0n) is 23.1. The molecule has 0 fully saturated rings. The van der Waals surface area contributed by atoms with Gasteiger partial charge in [-0.3, -0.25) is 9.59 Å². The molecule has 5 N–H and O–H groups in total. The van der Waals surface area contributed by atoms with Crippen LogP contribution in [0.3, 0.4) is 0 Å². The second-order valence-electron chi connectivity index (χ2n) is 6.41. The van der Waals surface area contributed by atoms with Gasteiger partial charge in [0.15, 0.2) is 0 Å². The predicted octanol–water partition coefficient (Wildman–Crippen LogP) is 4.31. The van der Waals surface area contributed by atoms with E-state index in [1.165, 1.54) is 11.8 Å². The van der Waals surface area contributed by atoms with Crippen molar-refractivity contribution in [3.05, 3.63) is 48.6 Å². The number of carbonyl (C=O) groups is 2. The number of rotatable bonds is 18. The Morgan fingerprint density at radius 1 is 1.17 bits per heavy atom. The number of aliphatic hydroxyl groups is 1. The highest BCUT2D eigenvalue weighted by Gasteiger charge is 2.20. The Morgan fingerprint density at radius 3 is 2.63 bits per heavy atom. The monoisotopic (exact) mass is 451 g/mol. The summed E-state index contributed by atoms with van der Waals surface area (Å²) in [5.41, 5.74) is 5.53. The fourth-order valence-electron chi connectivity index (χ4n) is 2.15. The largest absolute Gasteiger partial charge is 0.481 e. The Kier molecular flexibility index (Phi) is 12.1. The molecular formula is C23H37NO5S. The lowest BCUT2D eigenvalue weighted by Crippen LogP contribution is -2.34. The molecular weight excluding hydrogens is 402 g/mol. The van der Waals surface area contributed by atoms with Crippen molar-refractivity contribution in [1.29, 1.82) is 0 Å². The van der Waals surface area contributed by atoms with Gasteiger partial charge in [0.1, 0.15) is 6.04 Å². The van der Waals surface area contributed by atoms with Crippen molar-refractivity contribution in [1.82, 2.24) is 0 Å².